The molecule has 3 rings (SSSR count). The van der Waals surface area contributed by atoms with Gasteiger partial charge in [-0.05, 0) is 24.1 Å². The first-order valence-corrected chi connectivity index (χ1v) is 11.2. The van der Waals surface area contributed by atoms with Crippen LogP contribution in [0.15, 0.2) is 48.5 Å². The van der Waals surface area contributed by atoms with Gasteiger partial charge in [0.2, 0.25) is 5.91 Å². The molecule has 0 bridgehead atoms. The molecule has 1 fully saturated rings. The highest BCUT2D eigenvalue weighted by molar-refractivity contribution is 5.78. The summed E-state index contributed by atoms with van der Waals surface area (Å²) in [6.45, 7) is 4.03. The van der Waals surface area contributed by atoms with E-state index in [0.717, 1.165) is 30.9 Å². The van der Waals surface area contributed by atoms with Gasteiger partial charge >= 0.3 is 5.97 Å². The Morgan fingerprint density at radius 1 is 0.969 bits per heavy atom. The molecule has 1 atom stereocenters. The first-order chi connectivity index (χ1) is 15.5. The molecule has 32 heavy (non-hydrogen) atoms. The number of unbranched alkanes of at least 4 members (excludes halogenated alkanes) is 2. The van der Waals surface area contributed by atoms with Gasteiger partial charge < -0.3 is 14.5 Å². The van der Waals surface area contributed by atoms with Crippen LogP contribution in [0.5, 0.6) is 0 Å². The van der Waals surface area contributed by atoms with Crippen molar-refractivity contribution in [3.63, 3.8) is 0 Å². The fourth-order valence-corrected chi connectivity index (χ4v) is 3.82. The lowest BCUT2D eigenvalue weighted by Gasteiger charge is -2.36. The normalized spacial score (nSPS) is 14.8. The van der Waals surface area contributed by atoms with Crippen molar-refractivity contribution in [1.82, 2.24) is 4.90 Å². The fraction of sp³-hybridized carbons (Fsp3) is 0.440. The largest absolute Gasteiger partial charge is 0.457 e. The molecular formula is C25H30F2N2O3. The molecule has 1 aliphatic heterocycles. The van der Waals surface area contributed by atoms with Crippen molar-refractivity contribution >= 4 is 17.6 Å². The summed E-state index contributed by atoms with van der Waals surface area (Å²) in [5.41, 5.74) is 1.39. The van der Waals surface area contributed by atoms with Crippen molar-refractivity contribution in [2.24, 2.45) is 0 Å². The van der Waals surface area contributed by atoms with Crippen molar-refractivity contribution < 1.29 is 23.1 Å². The quantitative estimate of drug-likeness (QED) is 0.409. The molecule has 5 nitrogen and oxygen atoms in total. The maximum absolute atomic E-state index is 13.5. The van der Waals surface area contributed by atoms with E-state index in [2.05, 4.69) is 6.92 Å². The summed E-state index contributed by atoms with van der Waals surface area (Å²) in [7, 11) is 0. The molecule has 0 radical (unpaired) electrons. The Balaban J connectivity index is 1.58. The third-order valence-electron chi connectivity index (χ3n) is 5.69. The van der Waals surface area contributed by atoms with Crippen molar-refractivity contribution in [2.45, 2.75) is 45.1 Å². The monoisotopic (exact) mass is 444 g/mol. The van der Waals surface area contributed by atoms with Crippen LogP contribution in [0.2, 0.25) is 0 Å². The van der Waals surface area contributed by atoms with Crippen LogP contribution >= 0.6 is 0 Å². The van der Waals surface area contributed by atoms with Gasteiger partial charge in [-0.1, -0.05) is 50.1 Å². The maximum Gasteiger partial charge on any atom is 0.306 e. The highest BCUT2D eigenvalue weighted by Gasteiger charge is 2.26. The number of rotatable bonds is 9. The topological polar surface area (TPSA) is 49.9 Å². The molecule has 0 saturated carbocycles. The number of hydrogen-bond donors (Lipinski definition) is 0. The Hall–Kier alpha value is -2.96. The number of anilines is 1. The fourth-order valence-electron chi connectivity index (χ4n) is 3.82. The molecule has 0 N–H and O–H groups in total. The summed E-state index contributed by atoms with van der Waals surface area (Å²) in [6, 6.07) is 13.1. The van der Waals surface area contributed by atoms with E-state index in [1.165, 1.54) is 6.07 Å². The van der Waals surface area contributed by atoms with E-state index in [4.69, 9.17) is 4.74 Å². The Morgan fingerprint density at radius 2 is 1.69 bits per heavy atom. The third-order valence-corrected chi connectivity index (χ3v) is 5.69. The minimum absolute atomic E-state index is 0.0781. The molecule has 1 amide bonds. The average Bonchev–Trinajstić information content (AvgIpc) is 2.81. The SMILES string of the molecule is CCCCCC(=O)OC(CC(=O)N1CCN(c2ccc(F)c(F)c2)CC1)c1ccccc1. The molecule has 2 aromatic rings. The molecule has 1 unspecified atom stereocenters. The number of esters is 1. The smallest absolute Gasteiger partial charge is 0.306 e. The second kappa shape index (κ2) is 11.6. The lowest BCUT2D eigenvalue weighted by atomic mass is 10.1. The van der Waals surface area contributed by atoms with Crippen LogP contribution in [0.25, 0.3) is 0 Å². The van der Waals surface area contributed by atoms with Gasteiger partial charge in [0.15, 0.2) is 11.6 Å². The zero-order valence-corrected chi connectivity index (χ0v) is 18.4. The zero-order chi connectivity index (χ0) is 22.9. The molecule has 0 aliphatic carbocycles. The predicted molar refractivity (Wildman–Crippen MR) is 119 cm³/mol. The van der Waals surface area contributed by atoms with Crippen molar-refractivity contribution in [1.29, 1.82) is 0 Å². The number of hydrogen-bond acceptors (Lipinski definition) is 4. The number of amides is 1. The van der Waals surface area contributed by atoms with E-state index >= 15 is 0 Å². The summed E-state index contributed by atoms with van der Waals surface area (Å²) in [5.74, 6) is -2.14. The Morgan fingerprint density at radius 3 is 2.34 bits per heavy atom. The second-order valence-electron chi connectivity index (χ2n) is 8.02. The lowest BCUT2D eigenvalue weighted by Crippen LogP contribution is -2.49. The van der Waals surface area contributed by atoms with Gasteiger partial charge in [-0.25, -0.2) is 8.78 Å². The van der Waals surface area contributed by atoms with Crippen LogP contribution in [-0.2, 0) is 14.3 Å². The lowest BCUT2D eigenvalue weighted by molar-refractivity contribution is -0.152. The molecule has 1 aliphatic rings. The van der Waals surface area contributed by atoms with Gasteiger partial charge in [-0.15, -0.1) is 0 Å². The van der Waals surface area contributed by atoms with Crippen molar-refractivity contribution in [3.05, 3.63) is 65.7 Å². The van der Waals surface area contributed by atoms with Crippen LogP contribution in [0.3, 0.4) is 0 Å². The number of halogens is 2. The van der Waals surface area contributed by atoms with Crippen molar-refractivity contribution in [3.8, 4) is 0 Å². The van der Waals surface area contributed by atoms with Crippen LogP contribution in [0, 0.1) is 11.6 Å². The number of nitrogens with zero attached hydrogens (tertiary/aromatic N) is 2. The minimum Gasteiger partial charge on any atom is -0.457 e. The van der Waals surface area contributed by atoms with Gasteiger partial charge in [0.1, 0.15) is 6.10 Å². The van der Waals surface area contributed by atoms with Crippen LogP contribution in [0.4, 0.5) is 14.5 Å². The maximum atomic E-state index is 13.5. The van der Waals surface area contributed by atoms with Gasteiger partial charge in [-0.3, -0.25) is 9.59 Å². The average molecular weight is 445 g/mol. The molecule has 1 saturated heterocycles. The summed E-state index contributed by atoms with van der Waals surface area (Å²) in [4.78, 5) is 28.9. The first-order valence-electron chi connectivity index (χ1n) is 11.2. The van der Waals surface area contributed by atoms with Gasteiger partial charge in [-0.2, -0.15) is 0 Å². The van der Waals surface area contributed by atoms with E-state index in [0.29, 0.717) is 38.3 Å². The number of ether oxygens (including phenoxy) is 1. The van der Waals surface area contributed by atoms with E-state index < -0.39 is 17.7 Å². The number of benzene rings is 2. The van der Waals surface area contributed by atoms with E-state index in [1.807, 2.05) is 35.2 Å². The van der Waals surface area contributed by atoms with Crippen LogP contribution in [0.1, 0.15) is 50.7 Å². The van der Waals surface area contributed by atoms with Gasteiger partial charge in [0, 0.05) is 44.4 Å². The molecule has 172 valence electrons. The number of carbonyl (C=O) groups is 2. The Labute approximate surface area is 188 Å². The Kier molecular flexibility index (Phi) is 8.59. The second-order valence-corrected chi connectivity index (χ2v) is 8.02. The molecule has 1 heterocycles. The summed E-state index contributed by atoms with van der Waals surface area (Å²) in [6.07, 6.45) is 2.56. The summed E-state index contributed by atoms with van der Waals surface area (Å²) < 4.78 is 32.4. The molecule has 0 aromatic heterocycles. The third kappa shape index (κ3) is 6.52. The predicted octanol–water partition coefficient (Wildman–Crippen LogP) is 4.87. The summed E-state index contributed by atoms with van der Waals surface area (Å²) in [5, 5.41) is 0. The van der Waals surface area contributed by atoms with Gasteiger partial charge in [0.05, 0.1) is 6.42 Å². The summed E-state index contributed by atoms with van der Waals surface area (Å²) >= 11 is 0. The van der Waals surface area contributed by atoms with Crippen LogP contribution < -0.4 is 4.90 Å². The molecular weight excluding hydrogens is 414 g/mol. The van der Waals surface area contributed by atoms with Gasteiger partial charge in [0.25, 0.3) is 0 Å². The zero-order valence-electron chi connectivity index (χ0n) is 18.4. The van der Waals surface area contributed by atoms with E-state index in [9.17, 15) is 18.4 Å². The highest BCUT2D eigenvalue weighted by Crippen LogP contribution is 2.25. The number of carbonyl (C=O) groups excluding carboxylic acids is 2. The standard InChI is InChI=1S/C25H30F2N2O3/c1-2-3-5-10-25(31)32-23(19-8-6-4-7-9-19)18-24(30)29-15-13-28(14-16-29)20-11-12-21(26)22(27)17-20/h4,6-9,11-12,17,23H,2-3,5,10,13-16,18H2,1H3. The van der Waals surface area contributed by atoms with Crippen LogP contribution in [-0.4, -0.2) is 43.0 Å². The van der Waals surface area contributed by atoms with E-state index in [-0.39, 0.29) is 18.3 Å². The van der Waals surface area contributed by atoms with E-state index in [1.54, 1.807) is 11.0 Å². The van der Waals surface area contributed by atoms with Crippen molar-refractivity contribution in [2.75, 3.05) is 31.1 Å². The minimum atomic E-state index is -0.882. The first kappa shape index (κ1) is 23.7. The number of piperazine rings is 1. The highest BCUT2D eigenvalue weighted by atomic mass is 19.2. The Bertz CT molecular complexity index is 899. The molecule has 2 aromatic carbocycles. The molecule has 0 spiro atoms. The molecule has 7 heteroatoms.